The van der Waals surface area contributed by atoms with Crippen LogP contribution < -0.4 is 10.6 Å². The summed E-state index contributed by atoms with van der Waals surface area (Å²) in [6.07, 6.45) is 1.37. The third-order valence-electron chi connectivity index (χ3n) is 2.45. The van der Waals surface area contributed by atoms with Crippen molar-refractivity contribution in [3.63, 3.8) is 0 Å². The van der Waals surface area contributed by atoms with Crippen molar-refractivity contribution in [3.05, 3.63) is 0 Å². The molecule has 5 heteroatoms. The minimum atomic E-state index is 0. The molecule has 1 atom stereocenters. The highest BCUT2D eigenvalue weighted by Crippen LogP contribution is 2.09. The monoisotopic (exact) mass is 206 g/mol. The molecule has 0 spiro atoms. The van der Waals surface area contributed by atoms with E-state index in [1.54, 1.807) is 0 Å². The number of rotatable bonds is 3. The third kappa shape index (κ3) is 2.56. The molecule has 1 amide bonds. The van der Waals surface area contributed by atoms with Crippen LogP contribution in [0, 0.1) is 5.92 Å². The molecule has 2 saturated heterocycles. The van der Waals surface area contributed by atoms with Gasteiger partial charge in [0.05, 0.1) is 12.0 Å². The fourth-order valence-electron chi connectivity index (χ4n) is 1.28. The molecule has 2 N–H and O–H groups in total. The van der Waals surface area contributed by atoms with Crippen LogP contribution in [0.2, 0.25) is 0 Å². The summed E-state index contributed by atoms with van der Waals surface area (Å²) in [7, 11) is 0. The van der Waals surface area contributed by atoms with Crippen LogP contribution >= 0.6 is 12.4 Å². The molecule has 0 saturated carbocycles. The lowest BCUT2D eigenvalue weighted by atomic mass is 10.0. The van der Waals surface area contributed by atoms with Gasteiger partial charge in [0, 0.05) is 26.2 Å². The van der Waals surface area contributed by atoms with Gasteiger partial charge in [0.1, 0.15) is 0 Å². The molecule has 0 bridgehead atoms. The second-order valence-corrected chi connectivity index (χ2v) is 3.38. The first kappa shape index (κ1) is 10.8. The van der Waals surface area contributed by atoms with Crippen LogP contribution in [0.4, 0.5) is 0 Å². The van der Waals surface area contributed by atoms with Crippen molar-refractivity contribution < 1.29 is 9.53 Å². The molecule has 0 aliphatic carbocycles. The fraction of sp³-hybridized carbons (Fsp3) is 0.875. The first-order valence-corrected chi connectivity index (χ1v) is 4.46. The van der Waals surface area contributed by atoms with Gasteiger partial charge in [-0.3, -0.25) is 4.79 Å². The summed E-state index contributed by atoms with van der Waals surface area (Å²) in [4.78, 5) is 11.3. The average Bonchev–Trinajstić information content (AvgIpc) is 1.79. The van der Waals surface area contributed by atoms with Crippen molar-refractivity contribution in [1.82, 2.24) is 10.6 Å². The lowest BCUT2D eigenvalue weighted by Crippen LogP contribution is -2.52. The maximum absolute atomic E-state index is 11.3. The van der Waals surface area contributed by atoms with E-state index in [0.717, 1.165) is 26.1 Å². The van der Waals surface area contributed by atoms with Crippen LogP contribution in [-0.2, 0) is 9.53 Å². The van der Waals surface area contributed by atoms with E-state index in [-0.39, 0.29) is 30.3 Å². The quantitative estimate of drug-likeness (QED) is 0.657. The first-order valence-electron chi connectivity index (χ1n) is 4.46. The number of halogens is 1. The van der Waals surface area contributed by atoms with E-state index in [0.29, 0.717) is 6.54 Å². The van der Waals surface area contributed by atoms with Crippen LogP contribution in [-0.4, -0.2) is 38.3 Å². The van der Waals surface area contributed by atoms with Crippen molar-refractivity contribution in [2.45, 2.75) is 12.5 Å². The van der Waals surface area contributed by atoms with Crippen LogP contribution in [0.5, 0.6) is 0 Å². The lowest BCUT2D eigenvalue weighted by Gasteiger charge is -2.29. The summed E-state index contributed by atoms with van der Waals surface area (Å²) < 4.78 is 5.18. The SMILES string of the molecule is Cl.O=C(NCC1CCO1)C1CNC1. The largest absolute Gasteiger partial charge is 0.376 e. The van der Waals surface area contributed by atoms with Crippen molar-refractivity contribution in [1.29, 1.82) is 0 Å². The number of ether oxygens (including phenoxy) is 1. The number of nitrogens with one attached hydrogen (secondary N) is 2. The zero-order valence-electron chi connectivity index (χ0n) is 7.41. The highest BCUT2D eigenvalue weighted by molar-refractivity contribution is 5.85. The molecule has 0 radical (unpaired) electrons. The predicted molar refractivity (Wildman–Crippen MR) is 51.0 cm³/mol. The molecule has 0 aromatic rings. The van der Waals surface area contributed by atoms with E-state index in [1.807, 2.05) is 0 Å². The number of carbonyl (C=O) groups is 1. The van der Waals surface area contributed by atoms with E-state index in [9.17, 15) is 4.79 Å². The minimum absolute atomic E-state index is 0. The number of carbonyl (C=O) groups excluding carboxylic acids is 1. The summed E-state index contributed by atoms with van der Waals surface area (Å²) in [6.45, 7) is 3.20. The Balaban J connectivity index is 0.000000845. The van der Waals surface area contributed by atoms with Gasteiger partial charge in [-0.25, -0.2) is 0 Å². The molecule has 2 aliphatic heterocycles. The van der Waals surface area contributed by atoms with Gasteiger partial charge in [-0.05, 0) is 6.42 Å². The number of hydrogen-bond donors (Lipinski definition) is 2. The lowest BCUT2D eigenvalue weighted by molar-refractivity contribution is -0.128. The van der Waals surface area contributed by atoms with E-state index in [4.69, 9.17) is 4.74 Å². The van der Waals surface area contributed by atoms with E-state index in [1.165, 1.54) is 0 Å². The number of amides is 1. The Kier molecular flexibility index (Phi) is 3.96. The maximum Gasteiger partial charge on any atom is 0.225 e. The summed E-state index contributed by atoms with van der Waals surface area (Å²) >= 11 is 0. The van der Waals surface area contributed by atoms with Crippen LogP contribution in [0.3, 0.4) is 0 Å². The van der Waals surface area contributed by atoms with E-state index >= 15 is 0 Å². The Morgan fingerprint density at radius 1 is 1.54 bits per heavy atom. The standard InChI is InChI=1S/C8H14N2O2.ClH/c11-8(6-3-9-4-6)10-5-7-1-2-12-7;/h6-7,9H,1-5H2,(H,10,11);1H. The van der Waals surface area contributed by atoms with Crippen molar-refractivity contribution in [3.8, 4) is 0 Å². The Hall–Kier alpha value is -0.320. The molecule has 2 heterocycles. The molecule has 13 heavy (non-hydrogen) atoms. The van der Waals surface area contributed by atoms with Crippen molar-refractivity contribution in [2.24, 2.45) is 5.92 Å². The molecule has 76 valence electrons. The normalized spacial score (nSPS) is 26.6. The second-order valence-electron chi connectivity index (χ2n) is 3.38. The number of hydrogen-bond acceptors (Lipinski definition) is 3. The van der Waals surface area contributed by atoms with Gasteiger partial charge in [-0.1, -0.05) is 0 Å². The molecule has 0 aromatic carbocycles. The fourth-order valence-corrected chi connectivity index (χ4v) is 1.28. The van der Waals surface area contributed by atoms with Crippen LogP contribution in [0.15, 0.2) is 0 Å². The van der Waals surface area contributed by atoms with Gasteiger partial charge >= 0.3 is 0 Å². The van der Waals surface area contributed by atoms with Crippen molar-refractivity contribution in [2.75, 3.05) is 26.2 Å². The smallest absolute Gasteiger partial charge is 0.225 e. The topological polar surface area (TPSA) is 50.4 Å². The first-order chi connectivity index (χ1) is 5.86. The van der Waals surface area contributed by atoms with E-state index in [2.05, 4.69) is 10.6 Å². The Labute approximate surface area is 83.8 Å². The Morgan fingerprint density at radius 3 is 2.62 bits per heavy atom. The summed E-state index contributed by atoms with van der Waals surface area (Å²) in [5.74, 6) is 0.370. The maximum atomic E-state index is 11.3. The summed E-state index contributed by atoms with van der Waals surface area (Å²) in [5.41, 5.74) is 0. The highest BCUT2D eigenvalue weighted by Gasteiger charge is 2.26. The van der Waals surface area contributed by atoms with Gasteiger partial charge in [0.2, 0.25) is 5.91 Å². The van der Waals surface area contributed by atoms with Gasteiger partial charge in [0.15, 0.2) is 0 Å². The molecule has 2 fully saturated rings. The van der Waals surface area contributed by atoms with Crippen molar-refractivity contribution >= 4 is 18.3 Å². The van der Waals surface area contributed by atoms with E-state index < -0.39 is 0 Å². The predicted octanol–water partition coefficient (Wildman–Crippen LogP) is -0.467. The van der Waals surface area contributed by atoms with Crippen LogP contribution in [0.1, 0.15) is 6.42 Å². The second kappa shape index (κ2) is 4.79. The molecular formula is C8H15ClN2O2. The van der Waals surface area contributed by atoms with Gasteiger partial charge in [-0.2, -0.15) is 0 Å². The molecule has 2 aliphatic rings. The van der Waals surface area contributed by atoms with Gasteiger partial charge in [0.25, 0.3) is 0 Å². The Morgan fingerprint density at radius 2 is 2.23 bits per heavy atom. The van der Waals surface area contributed by atoms with Crippen LogP contribution in [0.25, 0.3) is 0 Å². The molecule has 4 nitrogen and oxygen atoms in total. The zero-order chi connectivity index (χ0) is 8.39. The molecule has 1 unspecified atom stereocenters. The average molecular weight is 207 g/mol. The summed E-state index contributed by atoms with van der Waals surface area (Å²) in [5, 5.41) is 5.95. The third-order valence-corrected chi connectivity index (χ3v) is 2.45. The molecular weight excluding hydrogens is 192 g/mol. The Bertz CT molecular complexity index is 181. The zero-order valence-corrected chi connectivity index (χ0v) is 8.23. The minimum Gasteiger partial charge on any atom is -0.376 e. The summed E-state index contributed by atoms with van der Waals surface area (Å²) in [6, 6.07) is 0. The highest BCUT2D eigenvalue weighted by atomic mass is 35.5. The molecule has 2 rings (SSSR count). The van der Waals surface area contributed by atoms with Gasteiger partial charge < -0.3 is 15.4 Å². The molecule has 0 aromatic heterocycles. The van der Waals surface area contributed by atoms with Gasteiger partial charge in [-0.15, -0.1) is 12.4 Å².